The minimum absolute atomic E-state index is 0.138. The van der Waals surface area contributed by atoms with E-state index >= 15 is 0 Å². The van der Waals surface area contributed by atoms with Crippen LogP contribution in [0.25, 0.3) is 0 Å². The van der Waals surface area contributed by atoms with Gasteiger partial charge in [-0.3, -0.25) is 4.79 Å². The molecule has 0 heterocycles. The van der Waals surface area contributed by atoms with Crippen molar-refractivity contribution in [1.82, 2.24) is 5.32 Å². The summed E-state index contributed by atoms with van der Waals surface area (Å²) in [6, 6.07) is 0. The molecule has 0 aliphatic heterocycles. The lowest BCUT2D eigenvalue weighted by molar-refractivity contribution is -0.174. The monoisotopic (exact) mass is 312 g/mol. The number of nitrogens with two attached hydrogens (primary N) is 1. The molecule has 4 nitrogen and oxygen atoms in total. The molecule has 1 aliphatic rings. The van der Waals surface area contributed by atoms with Gasteiger partial charge in [0.25, 0.3) is 0 Å². The van der Waals surface area contributed by atoms with Crippen LogP contribution in [0.2, 0.25) is 0 Å². The maximum Gasteiger partial charge on any atom is 0.411 e. The highest BCUT2D eigenvalue weighted by atomic mass is 32.1. The average Bonchev–Trinajstić information content (AvgIpc) is 2.34. The Hall–Kier alpha value is -0.890. The Bertz CT molecular complexity index is 355. The third-order valence-electron chi connectivity index (χ3n) is 3.30. The van der Waals surface area contributed by atoms with Crippen molar-refractivity contribution in [3.05, 3.63) is 0 Å². The summed E-state index contributed by atoms with van der Waals surface area (Å²) < 4.78 is 40.0. The van der Waals surface area contributed by atoms with E-state index in [1.807, 2.05) is 0 Å². The smallest absolute Gasteiger partial charge is 0.391 e. The van der Waals surface area contributed by atoms with Crippen LogP contribution >= 0.6 is 12.2 Å². The molecule has 0 aromatic rings. The molecule has 0 bridgehead atoms. The number of thiocarbonyl (C=S) groups is 1. The topological polar surface area (TPSA) is 64.3 Å². The molecule has 116 valence electrons. The molecule has 8 heteroatoms. The lowest BCUT2D eigenvalue weighted by Crippen LogP contribution is -2.57. The number of alkyl halides is 3. The van der Waals surface area contributed by atoms with Gasteiger partial charge in [0.2, 0.25) is 5.91 Å². The van der Waals surface area contributed by atoms with E-state index in [2.05, 4.69) is 10.1 Å². The van der Waals surface area contributed by atoms with Crippen molar-refractivity contribution < 1.29 is 22.7 Å². The standard InChI is InChI=1S/C12H19F3N2O2S/c13-12(14,15)8-19-7-4-9(18)17-11(10(16)20)5-2-1-3-6-11/h1-8H2,(H2,16,20)(H,17,18). The number of carbonyl (C=O) groups is 1. The summed E-state index contributed by atoms with van der Waals surface area (Å²) in [5.41, 5.74) is 5.01. The molecule has 1 saturated carbocycles. The van der Waals surface area contributed by atoms with Crippen molar-refractivity contribution in [3.63, 3.8) is 0 Å². The van der Waals surface area contributed by atoms with E-state index in [1.165, 1.54) is 0 Å². The van der Waals surface area contributed by atoms with Gasteiger partial charge in [-0.05, 0) is 12.8 Å². The maximum absolute atomic E-state index is 11.9. The largest absolute Gasteiger partial charge is 0.411 e. The van der Waals surface area contributed by atoms with Gasteiger partial charge in [0.15, 0.2) is 0 Å². The molecule has 0 atom stereocenters. The lowest BCUT2D eigenvalue weighted by Gasteiger charge is -2.37. The van der Waals surface area contributed by atoms with Crippen molar-refractivity contribution >= 4 is 23.1 Å². The number of hydrogen-bond donors (Lipinski definition) is 2. The summed E-state index contributed by atoms with van der Waals surface area (Å²) in [6.07, 6.45) is -0.255. The summed E-state index contributed by atoms with van der Waals surface area (Å²) in [7, 11) is 0. The number of rotatable bonds is 6. The van der Waals surface area contributed by atoms with Gasteiger partial charge >= 0.3 is 6.18 Å². The van der Waals surface area contributed by atoms with Gasteiger partial charge < -0.3 is 15.8 Å². The third kappa shape index (κ3) is 5.62. The van der Waals surface area contributed by atoms with E-state index in [4.69, 9.17) is 18.0 Å². The second-order valence-electron chi connectivity index (χ2n) is 4.97. The van der Waals surface area contributed by atoms with Gasteiger partial charge in [0.05, 0.1) is 17.1 Å². The highest BCUT2D eigenvalue weighted by Gasteiger charge is 2.36. The number of carbonyl (C=O) groups excluding carboxylic acids is 1. The Balaban J connectivity index is 2.37. The van der Waals surface area contributed by atoms with Crippen molar-refractivity contribution in [1.29, 1.82) is 0 Å². The van der Waals surface area contributed by atoms with Gasteiger partial charge in [0.1, 0.15) is 6.61 Å². The fraction of sp³-hybridized carbons (Fsp3) is 0.833. The Labute approximate surface area is 121 Å². The number of nitrogens with one attached hydrogen (secondary N) is 1. The summed E-state index contributed by atoms with van der Waals surface area (Å²) in [5.74, 6) is -0.387. The summed E-state index contributed by atoms with van der Waals surface area (Å²) in [6.45, 7) is -1.63. The van der Waals surface area contributed by atoms with Crippen LogP contribution in [-0.2, 0) is 9.53 Å². The van der Waals surface area contributed by atoms with E-state index in [-0.39, 0.29) is 23.9 Å². The summed E-state index contributed by atoms with van der Waals surface area (Å²) in [5, 5.41) is 2.76. The van der Waals surface area contributed by atoms with E-state index in [0.29, 0.717) is 12.8 Å². The normalized spacial score (nSPS) is 18.6. The van der Waals surface area contributed by atoms with E-state index in [1.54, 1.807) is 0 Å². The highest BCUT2D eigenvalue weighted by Crippen LogP contribution is 2.28. The number of hydrogen-bond acceptors (Lipinski definition) is 3. The van der Waals surface area contributed by atoms with Gasteiger partial charge in [-0.2, -0.15) is 13.2 Å². The van der Waals surface area contributed by atoms with Crippen molar-refractivity contribution in [2.24, 2.45) is 5.73 Å². The molecule has 0 saturated heterocycles. The second-order valence-corrected chi connectivity index (χ2v) is 5.41. The van der Waals surface area contributed by atoms with Crippen LogP contribution in [0.3, 0.4) is 0 Å². The minimum atomic E-state index is -4.38. The van der Waals surface area contributed by atoms with Crippen LogP contribution < -0.4 is 11.1 Å². The minimum Gasteiger partial charge on any atom is -0.391 e. The first-order chi connectivity index (χ1) is 9.25. The molecule has 0 spiro atoms. The number of ether oxygens (including phenoxy) is 1. The van der Waals surface area contributed by atoms with Crippen LogP contribution in [0.5, 0.6) is 0 Å². The van der Waals surface area contributed by atoms with Crippen LogP contribution in [-0.4, -0.2) is 35.8 Å². The third-order valence-corrected chi connectivity index (χ3v) is 3.69. The molecule has 20 heavy (non-hydrogen) atoms. The Morgan fingerprint density at radius 1 is 1.30 bits per heavy atom. The first kappa shape index (κ1) is 17.2. The van der Waals surface area contributed by atoms with Crippen LogP contribution in [0.1, 0.15) is 38.5 Å². The van der Waals surface area contributed by atoms with E-state index < -0.39 is 18.3 Å². The zero-order valence-electron chi connectivity index (χ0n) is 11.1. The van der Waals surface area contributed by atoms with Crippen molar-refractivity contribution in [2.45, 2.75) is 50.2 Å². The Morgan fingerprint density at radius 2 is 1.90 bits per heavy atom. The predicted octanol–water partition coefficient (Wildman–Crippen LogP) is 2.06. The summed E-state index contributed by atoms with van der Waals surface area (Å²) in [4.78, 5) is 12.0. The van der Waals surface area contributed by atoms with Crippen molar-refractivity contribution in [3.8, 4) is 0 Å². The van der Waals surface area contributed by atoms with Crippen LogP contribution in [0.15, 0.2) is 0 Å². The van der Waals surface area contributed by atoms with Gasteiger partial charge in [-0.25, -0.2) is 0 Å². The fourth-order valence-corrected chi connectivity index (χ4v) is 2.53. The molecule has 3 N–H and O–H groups in total. The fourth-order valence-electron chi connectivity index (χ4n) is 2.27. The van der Waals surface area contributed by atoms with Crippen LogP contribution in [0, 0.1) is 0 Å². The maximum atomic E-state index is 11.9. The Morgan fingerprint density at radius 3 is 2.40 bits per heavy atom. The second kappa shape index (κ2) is 7.21. The first-order valence-electron chi connectivity index (χ1n) is 6.51. The zero-order chi connectivity index (χ0) is 15.2. The molecule has 0 unspecified atom stereocenters. The molecule has 0 radical (unpaired) electrons. The first-order valence-corrected chi connectivity index (χ1v) is 6.91. The molecule has 1 amide bonds. The molecule has 0 aromatic carbocycles. The quantitative estimate of drug-likeness (QED) is 0.582. The van der Waals surface area contributed by atoms with Crippen molar-refractivity contribution in [2.75, 3.05) is 13.2 Å². The predicted molar refractivity (Wildman–Crippen MR) is 72.2 cm³/mol. The van der Waals surface area contributed by atoms with Gasteiger partial charge in [-0.15, -0.1) is 0 Å². The van der Waals surface area contributed by atoms with E-state index in [0.717, 1.165) is 19.3 Å². The van der Waals surface area contributed by atoms with Crippen LogP contribution in [0.4, 0.5) is 13.2 Å². The Kier molecular flexibility index (Phi) is 6.19. The SMILES string of the molecule is NC(=S)C1(NC(=O)CCOCC(F)(F)F)CCCCC1. The molecule has 1 fully saturated rings. The van der Waals surface area contributed by atoms with Gasteiger partial charge in [0, 0.05) is 6.42 Å². The number of halogens is 3. The molecule has 0 aromatic heterocycles. The van der Waals surface area contributed by atoms with Gasteiger partial charge in [-0.1, -0.05) is 31.5 Å². The molecular formula is C12H19F3N2O2S. The summed E-state index contributed by atoms with van der Waals surface area (Å²) >= 11 is 5.01. The average molecular weight is 312 g/mol. The zero-order valence-corrected chi connectivity index (χ0v) is 11.9. The molecular weight excluding hydrogens is 293 g/mol. The highest BCUT2D eigenvalue weighted by molar-refractivity contribution is 7.80. The molecule has 1 rings (SSSR count). The molecule has 1 aliphatic carbocycles. The lowest BCUT2D eigenvalue weighted by atomic mass is 9.81. The van der Waals surface area contributed by atoms with E-state index in [9.17, 15) is 18.0 Å². The number of amides is 1.